The summed E-state index contributed by atoms with van der Waals surface area (Å²) >= 11 is 5.59. The molecule has 2 aromatic rings. The summed E-state index contributed by atoms with van der Waals surface area (Å²) in [4.78, 5) is 15.1. The van der Waals surface area contributed by atoms with Gasteiger partial charge in [0.25, 0.3) is 0 Å². The van der Waals surface area contributed by atoms with Crippen LogP contribution >= 0.6 is 12.2 Å². The van der Waals surface area contributed by atoms with Gasteiger partial charge in [-0.25, -0.2) is 0 Å². The largest absolute Gasteiger partial charge is 0.390 e. The van der Waals surface area contributed by atoms with Crippen LogP contribution in [-0.2, 0) is 11.3 Å². The number of amides is 1. The highest BCUT2D eigenvalue weighted by Crippen LogP contribution is 2.37. The number of anilines is 1. The third-order valence-corrected chi connectivity index (χ3v) is 6.29. The summed E-state index contributed by atoms with van der Waals surface area (Å²) in [7, 11) is 0. The molecule has 7 heteroatoms. The van der Waals surface area contributed by atoms with Crippen molar-refractivity contribution in [3.8, 4) is 0 Å². The first-order chi connectivity index (χ1) is 14.3. The van der Waals surface area contributed by atoms with E-state index >= 15 is 0 Å². The lowest BCUT2D eigenvalue weighted by Gasteiger charge is -2.41. The van der Waals surface area contributed by atoms with Gasteiger partial charge in [-0.3, -0.25) is 4.79 Å². The molecule has 1 aliphatic heterocycles. The number of nitrogens with one attached hydrogen (secondary N) is 2. The van der Waals surface area contributed by atoms with Crippen LogP contribution in [0.3, 0.4) is 0 Å². The summed E-state index contributed by atoms with van der Waals surface area (Å²) in [5.74, 6) is -0.674. The third-order valence-electron chi connectivity index (χ3n) is 5.98. The molecule has 2 aromatic carbocycles. The smallest absolute Gasteiger partial charge is 0.225 e. The number of fused-ring (bicyclic) bond motifs is 1. The van der Waals surface area contributed by atoms with Gasteiger partial charge in [0.1, 0.15) is 6.10 Å². The highest BCUT2D eigenvalue weighted by Gasteiger charge is 2.53. The number of hydrogen-bond acceptors (Lipinski definition) is 4. The number of rotatable bonds is 4. The molecule has 0 radical (unpaired) electrons. The average molecular weight is 426 g/mol. The van der Waals surface area contributed by atoms with Crippen molar-refractivity contribution in [1.82, 2.24) is 10.6 Å². The van der Waals surface area contributed by atoms with E-state index in [4.69, 9.17) is 12.2 Å². The lowest BCUT2D eigenvalue weighted by molar-refractivity contribution is -0.131. The second-order valence-electron chi connectivity index (χ2n) is 8.29. The van der Waals surface area contributed by atoms with Crippen LogP contribution in [-0.4, -0.2) is 45.5 Å². The standard InChI is InChI=1S/C23H27N3O3S/c1-13-8-14(2)10-16(9-13)26-20-17(11-18(27)21(28)19(20)25-23(26)30)22(29)24-12-15-6-4-3-5-7-15/h3-10,17-21,27-28H,11-12H2,1-2H3,(H,24,29)(H,25,30). The normalized spacial score (nSPS) is 28.1. The molecule has 158 valence electrons. The molecule has 1 amide bonds. The first-order valence-corrected chi connectivity index (χ1v) is 10.6. The van der Waals surface area contributed by atoms with Crippen LogP contribution < -0.4 is 15.5 Å². The van der Waals surface area contributed by atoms with Gasteiger partial charge in [0.15, 0.2) is 5.11 Å². The van der Waals surface area contributed by atoms with Gasteiger partial charge in [-0.1, -0.05) is 36.4 Å². The fraction of sp³-hybridized carbons (Fsp3) is 0.391. The maximum atomic E-state index is 13.2. The molecule has 1 saturated heterocycles. The lowest BCUT2D eigenvalue weighted by Crippen LogP contribution is -2.60. The number of thiocarbonyl (C=S) groups is 1. The van der Waals surface area contributed by atoms with Crippen molar-refractivity contribution in [2.75, 3.05) is 4.90 Å². The molecule has 4 N–H and O–H groups in total. The quantitative estimate of drug-likeness (QED) is 0.559. The monoisotopic (exact) mass is 425 g/mol. The fourth-order valence-corrected chi connectivity index (χ4v) is 5.01. The Bertz CT molecular complexity index is 932. The summed E-state index contributed by atoms with van der Waals surface area (Å²) in [5.41, 5.74) is 4.09. The Morgan fingerprint density at radius 2 is 1.83 bits per heavy atom. The SMILES string of the molecule is Cc1cc(C)cc(N2C(=S)NC3C(O)C(O)CC(C(=O)NCc4ccccc4)C32)c1. The van der Waals surface area contributed by atoms with E-state index in [0.29, 0.717) is 11.7 Å². The molecule has 2 aliphatic rings. The number of hydrogen-bond donors (Lipinski definition) is 4. The Morgan fingerprint density at radius 3 is 2.50 bits per heavy atom. The molecule has 6 nitrogen and oxygen atoms in total. The van der Waals surface area contributed by atoms with Gasteiger partial charge < -0.3 is 25.7 Å². The van der Waals surface area contributed by atoms with Gasteiger partial charge in [0.05, 0.1) is 24.1 Å². The molecule has 0 spiro atoms. The van der Waals surface area contributed by atoms with E-state index in [1.54, 1.807) is 0 Å². The number of carbonyl (C=O) groups excluding carboxylic acids is 1. The zero-order valence-electron chi connectivity index (χ0n) is 17.1. The number of benzene rings is 2. The Hall–Kier alpha value is -2.48. The van der Waals surface area contributed by atoms with E-state index < -0.39 is 24.2 Å². The summed E-state index contributed by atoms with van der Waals surface area (Å²) in [6.45, 7) is 4.45. The Kier molecular flexibility index (Phi) is 5.77. The molecule has 1 saturated carbocycles. The van der Waals surface area contributed by atoms with Gasteiger partial charge in [-0.05, 0) is 61.3 Å². The number of nitrogens with zero attached hydrogens (tertiary/aromatic N) is 1. The van der Waals surface area contributed by atoms with Crippen LogP contribution in [0, 0.1) is 19.8 Å². The van der Waals surface area contributed by atoms with Gasteiger partial charge in [-0.2, -0.15) is 0 Å². The summed E-state index contributed by atoms with van der Waals surface area (Å²) in [5, 5.41) is 27.7. The van der Waals surface area contributed by atoms with Crippen molar-refractivity contribution in [2.24, 2.45) is 5.92 Å². The molecule has 2 fully saturated rings. The first-order valence-electron chi connectivity index (χ1n) is 10.2. The van der Waals surface area contributed by atoms with E-state index in [1.165, 1.54) is 0 Å². The minimum absolute atomic E-state index is 0.152. The average Bonchev–Trinajstić information content (AvgIpc) is 3.06. The van der Waals surface area contributed by atoms with E-state index in [1.807, 2.05) is 61.2 Å². The topological polar surface area (TPSA) is 84.8 Å². The van der Waals surface area contributed by atoms with Crippen molar-refractivity contribution >= 4 is 28.9 Å². The van der Waals surface area contributed by atoms with Gasteiger partial charge >= 0.3 is 0 Å². The zero-order chi connectivity index (χ0) is 21.4. The predicted octanol–water partition coefficient (Wildman–Crippen LogP) is 1.79. The van der Waals surface area contributed by atoms with Gasteiger partial charge in [0, 0.05) is 12.2 Å². The van der Waals surface area contributed by atoms with Crippen molar-refractivity contribution < 1.29 is 15.0 Å². The summed E-state index contributed by atoms with van der Waals surface area (Å²) in [6, 6.07) is 14.9. The Morgan fingerprint density at radius 1 is 1.17 bits per heavy atom. The molecule has 0 bridgehead atoms. The second-order valence-corrected chi connectivity index (χ2v) is 8.67. The molecule has 5 atom stereocenters. The van der Waals surface area contributed by atoms with Crippen LogP contribution in [0.15, 0.2) is 48.5 Å². The van der Waals surface area contributed by atoms with Crippen molar-refractivity contribution in [3.05, 3.63) is 65.2 Å². The Balaban J connectivity index is 1.63. The second kappa shape index (κ2) is 8.34. The maximum absolute atomic E-state index is 13.2. The maximum Gasteiger partial charge on any atom is 0.225 e. The van der Waals surface area contributed by atoms with Crippen LogP contribution in [0.1, 0.15) is 23.1 Å². The van der Waals surface area contributed by atoms with Crippen LogP contribution in [0.2, 0.25) is 0 Å². The Labute approximate surface area is 181 Å². The molecule has 0 aromatic heterocycles. The minimum atomic E-state index is -0.998. The molecule has 1 aliphatic carbocycles. The third kappa shape index (κ3) is 3.93. The highest BCUT2D eigenvalue weighted by molar-refractivity contribution is 7.80. The number of aliphatic hydroxyl groups is 2. The van der Waals surface area contributed by atoms with Crippen LogP contribution in [0.25, 0.3) is 0 Å². The zero-order valence-corrected chi connectivity index (χ0v) is 17.9. The number of carbonyl (C=O) groups is 1. The molecule has 1 heterocycles. The first kappa shape index (κ1) is 20.8. The molecule has 30 heavy (non-hydrogen) atoms. The van der Waals surface area contributed by atoms with Crippen molar-refractivity contribution in [2.45, 2.75) is 51.1 Å². The fourth-order valence-electron chi connectivity index (χ4n) is 4.65. The lowest BCUT2D eigenvalue weighted by atomic mass is 9.77. The van der Waals surface area contributed by atoms with Gasteiger partial charge in [0.2, 0.25) is 5.91 Å². The molecule has 4 rings (SSSR count). The van der Waals surface area contributed by atoms with E-state index in [-0.39, 0.29) is 18.4 Å². The summed E-state index contributed by atoms with van der Waals surface area (Å²) < 4.78 is 0. The van der Waals surface area contributed by atoms with Gasteiger partial charge in [-0.15, -0.1) is 0 Å². The number of aliphatic hydroxyl groups excluding tert-OH is 2. The van der Waals surface area contributed by atoms with Crippen LogP contribution in [0.4, 0.5) is 5.69 Å². The van der Waals surface area contributed by atoms with E-state index in [0.717, 1.165) is 22.4 Å². The number of aryl methyl sites for hydroxylation is 2. The predicted molar refractivity (Wildman–Crippen MR) is 120 cm³/mol. The summed E-state index contributed by atoms with van der Waals surface area (Å²) in [6.07, 6.45) is -1.82. The molecular weight excluding hydrogens is 398 g/mol. The minimum Gasteiger partial charge on any atom is -0.390 e. The molecule has 5 unspecified atom stereocenters. The van der Waals surface area contributed by atoms with E-state index in [2.05, 4.69) is 16.7 Å². The van der Waals surface area contributed by atoms with E-state index in [9.17, 15) is 15.0 Å². The van der Waals surface area contributed by atoms with Crippen molar-refractivity contribution in [1.29, 1.82) is 0 Å². The van der Waals surface area contributed by atoms with Crippen molar-refractivity contribution in [3.63, 3.8) is 0 Å². The highest BCUT2D eigenvalue weighted by atomic mass is 32.1. The molecular formula is C23H27N3O3S. The van der Waals surface area contributed by atoms with Crippen LogP contribution in [0.5, 0.6) is 0 Å².